The van der Waals surface area contributed by atoms with Crippen molar-refractivity contribution in [2.75, 3.05) is 7.11 Å². The predicted molar refractivity (Wildman–Crippen MR) is 88.7 cm³/mol. The monoisotopic (exact) mass is 328 g/mol. The van der Waals surface area contributed by atoms with Gasteiger partial charge in [0.1, 0.15) is 21.4 Å². The molecular weight excluding hydrogens is 312 g/mol. The lowest BCUT2D eigenvalue weighted by atomic mass is 10.2. The quantitative estimate of drug-likeness (QED) is 0.776. The summed E-state index contributed by atoms with van der Waals surface area (Å²) in [5.74, 6) is 1.37. The number of amides is 1. The van der Waals surface area contributed by atoms with Crippen LogP contribution in [0.1, 0.15) is 21.1 Å². The molecule has 0 aliphatic rings. The van der Waals surface area contributed by atoms with E-state index in [0.29, 0.717) is 11.4 Å². The van der Waals surface area contributed by atoms with E-state index in [1.165, 1.54) is 11.3 Å². The van der Waals surface area contributed by atoms with Gasteiger partial charge in [0.05, 0.1) is 25.6 Å². The number of rotatable bonds is 5. The molecule has 0 unspecified atom stereocenters. The second-order valence-electron chi connectivity index (χ2n) is 4.92. The van der Waals surface area contributed by atoms with Crippen molar-refractivity contribution in [3.05, 3.63) is 59.0 Å². The molecule has 0 saturated carbocycles. The van der Waals surface area contributed by atoms with Gasteiger partial charge in [-0.2, -0.15) is 0 Å². The number of hydrogen-bond donors (Lipinski definition) is 1. The Morgan fingerprint density at radius 1 is 1.30 bits per heavy atom. The van der Waals surface area contributed by atoms with Crippen molar-refractivity contribution in [3.63, 3.8) is 0 Å². The van der Waals surface area contributed by atoms with Gasteiger partial charge in [-0.15, -0.1) is 11.3 Å². The summed E-state index contributed by atoms with van der Waals surface area (Å²) >= 11 is 1.38. The molecule has 0 bridgehead atoms. The fourth-order valence-electron chi connectivity index (χ4n) is 2.13. The standard InChI is InChI=1S/C17H16N2O3S/c1-11-15(16(20)18-10-14-4-3-9-22-14)23-17(19-11)12-5-7-13(21-2)8-6-12/h3-9H,10H2,1-2H3,(H,18,20). The number of aromatic nitrogens is 1. The summed E-state index contributed by atoms with van der Waals surface area (Å²) in [7, 11) is 1.63. The first-order chi connectivity index (χ1) is 11.2. The lowest BCUT2D eigenvalue weighted by molar-refractivity contribution is 0.0951. The van der Waals surface area contributed by atoms with Crippen molar-refractivity contribution < 1.29 is 13.9 Å². The topological polar surface area (TPSA) is 64.4 Å². The number of aryl methyl sites for hydroxylation is 1. The number of furan rings is 1. The molecule has 1 N–H and O–H groups in total. The molecule has 1 amide bonds. The van der Waals surface area contributed by atoms with Crippen LogP contribution in [0.2, 0.25) is 0 Å². The maximum atomic E-state index is 12.3. The van der Waals surface area contributed by atoms with Crippen LogP contribution in [0.3, 0.4) is 0 Å². The molecule has 0 atom stereocenters. The molecule has 2 heterocycles. The zero-order valence-electron chi connectivity index (χ0n) is 12.8. The first kappa shape index (κ1) is 15.3. The van der Waals surface area contributed by atoms with Crippen LogP contribution in [0.4, 0.5) is 0 Å². The summed E-state index contributed by atoms with van der Waals surface area (Å²) in [4.78, 5) is 17.4. The van der Waals surface area contributed by atoms with E-state index in [9.17, 15) is 4.79 Å². The average molecular weight is 328 g/mol. The number of hydrogen-bond acceptors (Lipinski definition) is 5. The van der Waals surface area contributed by atoms with Crippen molar-refractivity contribution >= 4 is 17.2 Å². The number of ether oxygens (including phenoxy) is 1. The van der Waals surface area contributed by atoms with Crippen LogP contribution in [-0.4, -0.2) is 18.0 Å². The number of nitrogens with one attached hydrogen (secondary N) is 1. The Morgan fingerprint density at radius 3 is 2.74 bits per heavy atom. The molecule has 118 valence electrons. The van der Waals surface area contributed by atoms with E-state index in [2.05, 4.69) is 10.3 Å². The Hall–Kier alpha value is -2.60. The lowest BCUT2D eigenvalue weighted by Crippen LogP contribution is -2.22. The number of methoxy groups -OCH3 is 1. The summed E-state index contributed by atoms with van der Waals surface area (Å²) in [6.45, 7) is 2.20. The van der Waals surface area contributed by atoms with Gasteiger partial charge in [0.25, 0.3) is 5.91 Å². The Labute approximate surface area is 137 Å². The Balaban J connectivity index is 1.75. The van der Waals surface area contributed by atoms with Crippen molar-refractivity contribution in [2.24, 2.45) is 0 Å². The minimum absolute atomic E-state index is 0.142. The van der Waals surface area contributed by atoms with E-state index < -0.39 is 0 Å². The summed E-state index contributed by atoms with van der Waals surface area (Å²) in [6.07, 6.45) is 1.58. The third-order valence-corrected chi connectivity index (χ3v) is 4.55. The maximum Gasteiger partial charge on any atom is 0.263 e. The van der Waals surface area contributed by atoms with Crippen molar-refractivity contribution in [1.29, 1.82) is 0 Å². The van der Waals surface area contributed by atoms with E-state index in [0.717, 1.165) is 27.8 Å². The molecule has 0 fully saturated rings. The summed E-state index contributed by atoms with van der Waals surface area (Å²) in [6, 6.07) is 11.2. The van der Waals surface area contributed by atoms with Gasteiger partial charge in [-0.3, -0.25) is 4.79 Å². The molecular formula is C17H16N2O3S. The van der Waals surface area contributed by atoms with Crippen LogP contribution in [-0.2, 0) is 6.54 Å². The molecule has 0 spiro atoms. The smallest absolute Gasteiger partial charge is 0.263 e. The van der Waals surface area contributed by atoms with Crippen molar-refractivity contribution in [2.45, 2.75) is 13.5 Å². The summed E-state index contributed by atoms with van der Waals surface area (Å²) in [5, 5.41) is 3.66. The molecule has 0 aliphatic heterocycles. The van der Waals surface area contributed by atoms with E-state index in [1.807, 2.05) is 37.3 Å². The van der Waals surface area contributed by atoms with Crippen LogP contribution in [0.5, 0.6) is 5.75 Å². The zero-order valence-corrected chi connectivity index (χ0v) is 13.6. The maximum absolute atomic E-state index is 12.3. The molecule has 0 saturated heterocycles. The fraction of sp³-hybridized carbons (Fsp3) is 0.176. The molecule has 3 aromatic rings. The minimum atomic E-state index is -0.142. The number of carbonyl (C=O) groups excluding carboxylic acids is 1. The molecule has 2 aromatic heterocycles. The highest BCUT2D eigenvalue weighted by Gasteiger charge is 2.16. The number of carbonyl (C=O) groups is 1. The molecule has 0 aliphatic carbocycles. The second-order valence-corrected chi connectivity index (χ2v) is 5.92. The predicted octanol–water partition coefficient (Wildman–Crippen LogP) is 3.65. The van der Waals surface area contributed by atoms with Crippen LogP contribution < -0.4 is 10.1 Å². The van der Waals surface area contributed by atoms with Gasteiger partial charge in [-0.1, -0.05) is 0 Å². The van der Waals surface area contributed by atoms with Gasteiger partial charge in [-0.05, 0) is 43.3 Å². The second kappa shape index (κ2) is 6.66. The third-order valence-electron chi connectivity index (χ3n) is 3.34. The van der Waals surface area contributed by atoms with Crippen LogP contribution in [0, 0.1) is 6.92 Å². The highest BCUT2D eigenvalue weighted by Crippen LogP contribution is 2.29. The number of thiazole rings is 1. The highest BCUT2D eigenvalue weighted by molar-refractivity contribution is 7.17. The van der Waals surface area contributed by atoms with Gasteiger partial charge in [0.15, 0.2) is 0 Å². The molecule has 3 rings (SSSR count). The van der Waals surface area contributed by atoms with Crippen LogP contribution >= 0.6 is 11.3 Å². The SMILES string of the molecule is COc1ccc(-c2nc(C)c(C(=O)NCc3ccco3)s2)cc1. The third kappa shape index (κ3) is 3.43. The number of nitrogens with zero attached hydrogens (tertiary/aromatic N) is 1. The van der Waals surface area contributed by atoms with E-state index in [-0.39, 0.29) is 5.91 Å². The Bertz CT molecular complexity index is 792. The largest absolute Gasteiger partial charge is 0.497 e. The van der Waals surface area contributed by atoms with Gasteiger partial charge in [-0.25, -0.2) is 4.98 Å². The first-order valence-electron chi connectivity index (χ1n) is 7.10. The van der Waals surface area contributed by atoms with Crippen molar-refractivity contribution in [3.8, 4) is 16.3 Å². The van der Waals surface area contributed by atoms with E-state index >= 15 is 0 Å². The lowest BCUT2D eigenvalue weighted by Gasteiger charge is -2.01. The fourth-order valence-corrected chi connectivity index (χ4v) is 3.11. The normalized spacial score (nSPS) is 10.5. The van der Waals surface area contributed by atoms with Gasteiger partial charge < -0.3 is 14.5 Å². The minimum Gasteiger partial charge on any atom is -0.497 e. The average Bonchev–Trinajstić information content (AvgIpc) is 3.22. The van der Waals surface area contributed by atoms with E-state index in [1.54, 1.807) is 19.4 Å². The molecule has 6 heteroatoms. The molecule has 0 radical (unpaired) electrons. The number of benzene rings is 1. The van der Waals surface area contributed by atoms with Gasteiger partial charge in [0, 0.05) is 5.56 Å². The Kier molecular flexibility index (Phi) is 4.43. The Morgan fingerprint density at radius 2 is 2.09 bits per heavy atom. The highest BCUT2D eigenvalue weighted by atomic mass is 32.1. The van der Waals surface area contributed by atoms with Crippen LogP contribution in [0.25, 0.3) is 10.6 Å². The molecule has 1 aromatic carbocycles. The summed E-state index contributed by atoms with van der Waals surface area (Å²) < 4.78 is 10.4. The van der Waals surface area contributed by atoms with Gasteiger partial charge >= 0.3 is 0 Å². The molecule has 5 nitrogen and oxygen atoms in total. The van der Waals surface area contributed by atoms with Gasteiger partial charge in [0.2, 0.25) is 0 Å². The van der Waals surface area contributed by atoms with Crippen molar-refractivity contribution in [1.82, 2.24) is 10.3 Å². The van der Waals surface area contributed by atoms with E-state index in [4.69, 9.17) is 9.15 Å². The molecule has 23 heavy (non-hydrogen) atoms. The van der Waals surface area contributed by atoms with Crippen LogP contribution in [0.15, 0.2) is 47.1 Å². The summed E-state index contributed by atoms with van der Waals surface area (Å²) in [5.41, 5.74) is 1.68. The first-order valence-corrected chi connectivity index (χ1v) is 7.91. The zero-order chi connectivity index (χ0) is 16.2.